The van der Waals surface area contributed by atoms with E-state index in [1.54, 1.807) is 0 Å². The van der Waals surface area contributed by atoms with E-state index in [-0.39, 0.29) is 17.5 Å². The zero-order valence-corrected chi connectivity index (χ0v) is 11.1. The molecule has 0 amide bonds. The number of benzene rings is 1. The van der Waals surface area contributed by atoms with E-state index < -0.39 is 15.0 Å². The monoisotopic (exact) mass is 290 g/mol. The van der Waals surface area contributed by atoms with Crippen molar-refractivity contribution < 1.29 is 22.7 Å². The number of esters is 1. The average molecular weight is 291 g/mol. The van der Waals surface area contributed by atoms with Crippen LogP contribution < -0.4 is 4.74 Å². The fraction of sp³-hybridized carbons (Fsp3) is 0.364. The normalized spacial score (nSPS) is 18.7. The van der Waals surface area contributed by atoms with Crippen LogP contribution >= 0.6 is 10.7 Å². The van der Waals surface area contributed by atoms with Gasteiger partial charge in [0.15, 0.2) is 0 Å². The van der Waals surface area contributed by atoms with Crippen LogP contribution in [0.5, 0.6) is 5.75 Å². The summed E-state index contributed by atoms with van der Waals surface area (Å²) in [6.07, 6.45) is 0.377. The Kier molecular flexibility index (Phi) is 3.49. The maximum absolute atomic E-state index is 11.4. The highest BCUT2D eigenvalue weighted by Gasteiger charge is 2.27. The summed E-state index contributed by atoms with van der Waals surface area (Å²) in [6, 6.07) is 4.34. The number of carbonyl (C=O) groups excluding carboxylic acids is 1. The van der Waals surface area contributed by atoms with Crippen molar-refractivity contribution >= 4 is 25.7 Å². The molecule has 7 heteroatoms. The van der Waals surface area contributed by atoms with Crippen molar-refractivity contribution in [1.29, 1.82) is 0 Å². The quantitative estimate of drug-likeness (QED) is 0.607. The molecule has 1 aliphatic heterocycles. The van der Waals surface area contributed by atoms with Crippen LogP contribution in [0.3, 0.4) is 0 Å². The molecule has 2 rings (SSSR count). The number of fused-ring (bicyclic) bond motifs is 1. The summed E-state index contributed by atoms with van der Waals surface area (Å²) in [5, 5.41) is 0. The summed E-state index contributed by atoms with van der Waals surface area (Å²) >= 11 is 0. The molecule has 1 heterocycles. The largest absolute Gasteiger partial charge is 0.492 e. The van der Waals surface area contributed by atoms with Gasteiger partial charge >= 0.3 is 5.97 Å². The van der Waals surface area contributed by atoms with E-state index in [0.717, 1.165) is 0 Å². The van der Waals surface area contributed by atoms with Gasteiger partial charge in [-0.1, -0.05) is 0 Å². The van der Waals surface area contributed by atoms with Crippen LogP contribution in [0.25, 0.3) is 0 Å². The highest BCUT2D eigenvalue weighted by atomic mass is 35.7. The van der Waals surface area contributed by atoms with Gasteiger partial charge in [-0.2, -0.15) is 0 Å². The number of rotatable bonds is 2. The van der Waals surface area contributed by atoms with Gasteiger partial charge < -0.3 is 9.47 Å². The van der Waals surface area contributed by atoms with E-state index >= 15 is 0 Å². The Hall–Kier alpha value is -1.27. The van der Waals surface area contributed by atoms with Crippen LogP contribution in [0.2, 0.25) is 0 Å². The summed E-state index contributed by atoms with van der Waals surface area (Å²) in [7, 11) is 2.79. The molecule has 18 heavy (non-hydrogen) atoms. The molecule has 1 aliphatic rings. The third-order valence-electron chi connectivity index (χ3n) is 2.75. The Balaban J connectivity index is 2.33. The molecule has 0 fully saturated rings. The summed E-state index contributed by atoms with van der Waals surface area (Å²) < 4.78 is 32.5. The summed E-state index contributed by atoms with van der Waals surface area (Å²) in [6.45, 7) is 0.229. The second kappa shape index (κ2) is 4.78. The first-order valence-corrected chi connectivity index (χ1v) is 7.51. The van der Waals surface area contributed by atoms with Crippen molar-refractivity contribution in [3.63, 3.8) is 0 Å². The first kappa shape index (κ1) is 13.2. The van der Waals surface area contributed by atoms with E-state index in [4.69, 9.17) is 15.4 Å². The lowest BCUT2D eigenvalue weighted by Crippen LogP contribution is -2.29. The molecular weight excluding hydrogens is 280 g/mol. The van der Waals surface area contributed by atoms with Gasteiger partial charge in [-0.15, -0.1) is 0 Å². The zero-order valence-electron chi connectivity index (χ0n) is 9.55. The van der Waals surface area contributed by atoms with Crippen LogP contribution in [0.1, 0.15) is 5.56 Å². The smallest absolute Gasteiger partial charge is 0.312 e. The van der Waals surface area contributed by atoms with Crippen molar-refractivity contribution in [2.45, 2.75) is 11.3 Å². The van der Waals surface area contributed by atoms with E-state index in [2.05, 4.69) is 4.74 Å². The Bertz CT molecular complexity index is 581. The fourth-order valence-electron chi connectivity index (χ4n) is 1.84. The highest BCUT2D eigenvalue weighted by Crippen LogP contribution is 2.30. The summed E-state index contributed by atoms with van der Waals surface area (Å²) in [5.41, 5.74) is 0.637. The van der Waals surface area contributed by atoms with Crippen molar-refractivity contribution in [2.75, 3.05) is 13.7 Å². The van der Waals surface area contributed by atoms with Crippen LogP contribution in [0.15, 0.2) is 23.1 Å². The number of ether oxygens (including phenoxy) is 2. The lowest BCUT2D eigenvalue weighted by molar-refractivity contribution is -0.146. The van der Waals surface area contributed by atoms with Gasteiger partial charge in [0.2, 0.25) is 0 Å². The minimum atomic E-state index is -3.78. The van der Waals surface area contributed by atoms with Gasteiger partial charge in [-0.05, 0) is 30.2 Å². The molecule has 0 saturated carbocycles. The fourth-order valence-corrected chi connectivity index (χ4v) is 2.64. The van der Waals surface area contributed by atoms with Crippen molar-refractivity contribution in [3.05, 3.63) is 23.8 Å². The molecule has 1 aromatic rings. The molecule has 0 N–H and O–H groups in total. The van der Waals surface area contributed by atoms with E-state index in [9.17, 15) is 13.2 Å². The van der Waals surface area contributed by atoms with Gasteiger partial charge in [-0.3, -0.25) is 4.79 Å². The molecule has 1 atom stereocenters. The van der Waals surface area contributed by atoms with Crippen molar-refractivity contribution in [3.8, 4) is 5.75 Å². The van der Waals surface area contributed by atoms with E-state index in [1.807, 2.05) is 0 Å². The third kappa shape index (κ3) is 2.59. The Morgan fingerprint density at radius 2 is 2.22 bits per heavy atom. The number of methoxy groups -OCH3 is 1. The molecule has 0 aliphatic carbocycles. The van der Waals surface area contributed by atoms with Crippen LogP contribution in [-0.2, 0) is 25.0 Å². The molecule has 0 spiro atoms. The van der Waals surface area contributed by atoms with Crippen LogP contribution in [0, 0.1) is 5.92 Å². The van der Waals surface area contributed by atoms with E-state index in [1.165, 1.54) is 25.3 Å². The SMILES string of the molecule is COC(=O)C1COc2ccc(S(=O)(=O)Cl)cc2C1. The third-order valence-corrected chi connectivity index (χ3v) is 4.11. The molecule has 0 aromatic heterocycles. The molecule has 1 aromatic carbocycles. The molecule has 1 unspecified atom stereocenters. The second-order valence-electron chi connectivity index (χ2n) is 3.94. The maximum Gasteiger partial charge on any atom is 0.312 e. The van der Waals surface area contributed by atoms with Gasteiger partial charge in [0.25, 0.3) is 9.05 Å². The van der Waals surface area contributed by atoms with Crippen molar-refractivity contribution in [2.24, 2.45) is 5.92 Å². The summed E-state index contributed by atoms with van der Waals surface area (Å²) in [5.74, 6) is -0.227. The number of halogens is 1. The van der Waals surface area contributed by atoms with Gasteiger partial charge in [0.05, 0.1) is 17.9 Å². The molecular formula is C11H11ClO5S. The van der Waals surface area contributed by atoms with Gasteiger partial charge in [-0.25, -0.2) is 8.42 Å². The van der Waals surface area contributed by atoms with Crippen LogP contribution in [0.4, 0.5) is 0 Å². The topological polar surface area (TPSA) is 69.7 Å². The van der Waals surface area contributed by atoms with E-state index in [0.29, 0.717) is 17.7 Å². The first-order valence-electron chi connectivity index (χ1n) is 5.20. The van der Waals surface area contributed by atoms with Gasteiger partial charge in [0, 0.05) is 10.7 Å². The van der Waals surface area contributed by atoms with Crippen molar-refractivity contribution in [1.82, 2.24) is 0 Å². The molecule has 5 nitrogen and oxygen atoms in total. The highest BCUT2D eigenvalue weighted by molar-refractivity contribution is 8.13. The lowest BCUT2D eigenvalue weighted by Gasteiger charge is -2.23. The zero-order chi connectivity index (χ0) is 13.3. The van der Waals surface area contributed by atoms with Crippen LogP contribution in [-0.4, -0.2) is 28.1 Å². The Morgan fingerprint density at radius 1 is 1.50 bits per heavy atom. The molecule has 0 saturated heterocycles. The molecule has 0 bridgehead atoms. The number of hydrogen-bond acceptors (Lipinski definition) is 5. The number of hydrogen-bond donors (Lipinski definition) is 0. The summed E-state index contributed by atoms with van der Waals surface area (Å²) in [4.78, 5) is 11.4. The minimum absolute atomic E-state index is 0.00275. The predicted molar refractivity (Wildman–Crippen MR) is 64.2 cm³/mol. The van der Waals surface area contributed by atoms with Gasteiger partial charge in [0.1, 0.15) is 12.4 Å². The predicted octanol–water partition coefficient (Wildman–Crippen LogP) is 1.34. The number of carbonyl (C=O) groups is 1. The first-order chi connectivity index (χ1) is 8.41. The standard InChI is InChI=1S/C11H11ClO5S/c1-16-11(13)8-4-7-5-9(18(12,14)15)2-3-10(7)17-6-8/h2-3,5,8H,4,6H2,1H3. The lowest BCUT2D eigenvalue weighted by atomic mass is 9.97. The average Bonchev–Trinajstić information content (AvgIpc) is 2.35. The minimum Gasteiger partial charge on any atom is -0.492 e. The molecule has 0 radical (unpaired) electrons. The Labute approximate surface area is 109 Å². The maximum atomic E-state index is 11.4. The molecule has 98 valence electrons. The Morgan fingerprint density at radius 3 is 2.83 bits per heavy atom. The second-order valence-corrected chi connectivity index (χ2v) is 6.51.